The van der Waals surface area contributed by atoms with Crippen LogP contribution in [0.5, 0.6) is 0 Å². The molecule has 0 aromatic heterocycles. The van der Waals surface area contributed by atoms with E-state index in [2.05, 4.69) is 5.32 Å². The van der Waals surface area contributed by atoms with E-state index in [1.807, 2.05) is 6.26 Å². The zero-order valence-electron chi connectivity index (χ0n) is 12.1. The number of thioether (sulfide) groups is 1. The van der Waals surface area contributed by atoms with E-state index in [1.54, 1.807) is 0 Å². The number of carboxylic acid groups (broad SMARTS) is 2. The molecule has 1 amide bonds. The summed E-state index contributed by atoms with van der Waals surface area (Å²) in [6.07, 6.45) is 1.01. The lowest BCUT2D eigenvalue weighted by atomic mass is 9.89. The van der Waals surface area contributed by atoms with Gasteiger partial charge in [0.2, 0.25) is 5.91 Å². The molecule has 6 atom stereocenters. The third kappa shape index (κ3) is 2.68. The number of nitrogens with two attached hydrogens (primary N) is 1. The topological polar surface area (TPSA) is 150 Å². The van der Waals surface area contributed by atoms with Gasteiger partial charge in [-0.3, -0.25) is 9.59 Å². The van der Waals surface area contributed by atoms with Crippen LogP contribution in [0.3, 0.4) is 0 Å². The SMILES string of the molecule is CSCC[C@H](N)C(=O)N[C@@]1(C(=O)O)C[C@H](O)[C@H]2[C@H](C(=O)O)[C@H]21. The van der Waals surface area contributed by atoms with Crippen molar-refractivity contribution in [3.63, 3.8) is 0 Å². The van der Waals surface area contributed by atoms with E-state index in [0.717, 1.165) is 0 Å². The number of hydrogen-bond donors (Lipinski definition) is 5. The minimum Gasteiger partial charge on any atom is -0.481 e. The number of carbonyl (C=O) groups excluding carboxylic acids is 1. The van der Waals surface area contributed by atoms with Crippen LogP contribution in [0.25, 0.3) is 0 Å². The molecule has 2 aliphatic rings. The molecule has 0 aliphatic heterocycles. The first-order chi connectivity index (χ1) is 10.3. The van der Waals surface area contributed by atoms with E-state index in [0.29, 0.717) is 12.2 Å². The number of rotatable bonds is 7. The van der Waals surface area contributed by atoms with E-state index in [4.69, 9.17) is 10.8 Å². The Hall–Kier alpha value is -1.32. The van der Waals surface area contributed by atoms with Gasteiger partial charge < -0.3 is 26.4 Å². The van der Waals surface area contributed by atoms with E-state index >= 15 is 0 Å². The van der Waals surface area contributed by atoms with Crippen LogP contribution < -0.4 is 11.1 Å². The summed E-state index contributed by atoms with van der Waals surface area (Å²) >= 11 is 1.51. The Morgan fingerprint density at radius 3 is 2.50 bits per heavy atom. The van der Waals surface area contributed by atoms with Crippen molar-refractivity contribution in [2.45, 2.75) is 30.5 Å². The number of fused-ring (bicyclic) bond motifs is 1. The quantitative estimate of drug-likeness (QED) is 0.387. The summed E-state index contributed by atoms with van der Waals surface area (Å²) in [6.45, 7) is 0. The number of carboxylic acids is 2. The van der Waals surface area contributed by atoms with Crippen LogP contribution in [0, 0.1) is 17.8 Å². The van der Waals surface area contributed by atoms with Gasteiger partial charge in [-0.1, -0.05) is 0 Å². The first kappa shape index (κ1) is 17.0. The van der Waals surface area contributed by atoms with Crippen LogP contribution >= 0.6 is 11.8 Å². The van der Waals surface area contributed by atoms with Gasteiger partial charge in [0.1, 0.15) is 5.54 Å². The Morgan fingerprint density at radius 2 is 2.05 bits per heavy atom. The van der Waals surface area contributed by atoms with E-state index in [1.165, 1.54) is 11.8 Å². The number of aliphatic hydroxyl groups excluding tert-OH is 1. The molecule has 2 fully saturated rings. The number of nitrogens with one attached hydrogen (secondary N) is 1. The first-order valence-electron chi connectivity index (χ1n) is 6.97. The Labute approximate surface area is 131 Å². The fourth-order valence-electron chi connectivity index (χ4n) is 3.47. The fourth-order valence-corrected chi connectivity index (χ4v) is 3.96. The molecule has 0 saturated heterocycles. The molecule has 0 aromatic rings. The number of aliphatic hydroxyl groups is 1. The van der Waals surface area contributed by atoms with Crippen LogP contribution in [0.15, 0.2) is 0 Å². The number of carbonyl (C=O) groups is 3. The average molecular weight is 332 g/mol. The van der Waals surface area contributed by atoms with Gasteiger partial charge in [-0.05, 0) is 18.4 Å². The van der Waals surface area contributed by atoms with Crippen molar-refractivity contribution < 1.29 is 29.7 Å². The minimum atomic E-state index is -1.75. The van der Waals surface area contributed by atoms with Crippen molar-refractivity contribution in [2.24, 2.45) is 23.5 Å². The highest BCUT2D eigenvalue weighted by Gasteiger charge is 2.75. The van der Waals surface area contributed by atoms with Crippen molar-refractivity contribution >= 4 is 29.6 Å². The Balaban J connectivity index is 2.15. The monoisotopic (exact) mass is 332 g/mol. The molecule has 2 rings (SSSR count). The van der Waals surface area contributed by atoms with Gasteiger partial charge in [0.25, 0.3) is 0 Å². The van der Waals surface area contributed by atoms with Crippen molar-refractivity contribution in [1.29, 1.82) is 0 Å². The second-order valence-electron chi connectivity index (χ2n) is 5.89. The molecule has 0 spiro atoms. The second-order valence-corrected chi connectivity index (χ2v) is 6.88. The van der Waals surface area contributed by atoms with Gasteiger partial charge in [-0.2, -0.15) is 11.8 Å². The Morgan fingerprint density at radius 1 is 1.41 bits per heavy atom. The smallest absolute Gasteiger partial charge is 0.329 e. The van der Waals surface area contributed by atoms with Crippen molar-refractivity contribution in [3.05, 3.63) is 0 Å². The molecular formula is C13H20N2O6S. The van der Waals surface area contributed by atoms with Crippen LogP contribution in [-0.4, -0.2) is 62.9 Å². The highest BCUT2D eigenvalue weighted by atomic mass is 32.2. The Bertz CT molecular complexity index is 501. The molecule has 0 heterocycles. The number of hydrogen-bond acceptors (Lipinski definition) is 6. The average Bonchev–Trinajstić information content (AvgIpc) is 3.13. The lowest BCUT2D eigenvalue weighted by Gasteiger charge is -2.30. The van der Waals surface area contributed by atoms with Crippen LogP contribution in [0.4, 0.5) is 0 Å². The third-order valence-corrected chi connectivity index (χ3v) is 5.25. The summed E-state index contributed by atoms with van der Waals surface area (Å²) in [5, 5.41) is 31.0. The molecule has 8 nitrogen and oxygen atoms in total. The molecule has 0 radical (unpaired) electrons. The molecule has 6 N–H and O–H groups in total. The summed E-state index contributed by atoms with van der Waals surface area (Å²) < 4.78 is 0. The van der Waals surface area contributed by atoms with E-state index in [-0.39, 0.29) is 6.42 Å². The number of aliphatic carboxylic acids is 2. The maximum atomic E-state index is 12.1. The van der Waals surface area contributed by atoms with Gasteiger partial charge in [-0.15, -0.1) is 0 Å². The molecule has 0 bridgehead atoms. The van der Waals surface area contributed by atoms with Gasteiger partial charge >= 0.3 is 11.9 Å². The standard InChI is InChI=1S/C13H20N2O6S/c1-22-3-2-5(14)10(17)15-13(12(20)21)4-6(16)7-8(9(7)13)11(18)19/h5-9,16H,2-4,14H2,1H3,(H,15,17)(H,18,19)(H,20,21)/t5-,6-,7-,8-,9-,13-/m0/s1. The van der Waals surface area contributed by atoms with E-state index in [9.17, 15) is 24.6 Å². The van der Waals surface area contributed by atoms with Gasteiger partial charge in [0, 0.05) is 18.3 Å². The van der Waals surface area contributed by atoms with Crippen molar-refractivity contribution in [3.8, 4) is 0 Å². The summed E-state index contributed by atoms with van der Waals surface area (Å²) in [5.41, 5.74) is 3.98. The van der Waals surface area contributed by atoms with Crippen molar-refractivity contribution in [1.82, 2.24) is 5.32 Å². The number of amides is 1. The lowest BCUT2D eigenvalue weighted by Crippen LogP contribution is -2.60. The zero-order chi connectivity index (χ0) is 16.7. The summed E-state index contributed by atoms with van der Waals surface area (Å²) in [7, 11) is 0. The second kappa shape index (κ2) is 6.05. The maximum absolute atomic E-state index is 12.1. The lowest BCUT2D eigenvalue weighted by molar-refractivity contribution is -0.150. The van der Waals surface area contributed by atoms with Crippen molar-refractivity contribution in [2.75, 3.05) is 12.0 Å². The fraction of sp³-hybridized carbons (Fsp3) is 0.769. The molecule has 9 heteroatoms. The molecular weight excluding hydrogens is 312 g/mol. The predicted molar refractivity (Wildman–Crippen MR) is 78.2 cm³/mol. The molecule has 2 aliphatic carbocycles. The van der Waals surface area contributed by atoms with Crippen LogP contribution in [0.2, 0.25) is 0 Å². The summed E-state index contributed by atoms with van der Waals surface area (Å²) in [5.74, 6) is -4.82. The normalized spacial score (nSPS) is 37.2. The van der Waals surface area contributed by atoms with Crippen LogP contribution in [-0.2, 0) is 14.4 Å². The van der Waals surface area contributed by atoms with Crippen LogP contribution in [0.1, 0.15) is 12.8 Å². The maximum Gasteiger partial charge on any atom is 0.329 e. The third-order valence-electron chi connectivity index (χ3n) is 4.60. The Kier molecular flexibility index (Phi) is 4.69. The molecule has 0 aromatic carbocycles. The predicted octanol–water partition coefficient (Wildman–Crippen LogP) is -1.28. The molecule has 124 valence electrons. The molecule has 2 saturated carbocycles. The highest BCUT2D eigenvalue weighted by molar-refractivity contribution is 7.98. The van der Waals surface area contributed by atoms with Gasteiger partial charge in [0.05, 0.1) is 18.1 Å². The minimum absolute atomic E-state index is 0.192. The van der Waals surface area contributed by atoms with Gasteiger partial charge in [-0.25, -0.2) is 4.79 Å². The summed E-state index contributed by atoms with van der Waals surface area (Å²) in [6, 6.07) is -0.859. The zero-order valence-corrected chi connectivity index (χ0v) is 12.9. The first-order valence-corrected chi connectivity index (χ1v) is 8.36. The van der Waals surface area contributed by atoms with E-state index < -0.39 is 53.3 Å². The van der Waals surface area contributed by atoms with Gasteiger partial charge in [0.15, 0.2) is 0 Å². The summed E-state index contributed by atoms with van der Waals surface area (Å²) in [4.78, 5) is 35.0. The highest BCUT2D eigenvalue weighted by Crippen LogP contribution is 2.62. The molecule has 0 unspecified atom stereocenters. The molecule has 22 heavy (non-hydrogen) atoms. The largest absolute Gasteiger partial charge is 0.481 e.